The van der Waals surface area contributed by atoms with Gasteiger partial charge in [-0.05, 0) is 44.2 Å². The van der Waals surface area contributed by atoms with Crippen molar-refractivity contribution in [3.8, 4) is 5.69 Å². The highest BCUT2D eigenvalue weighted by molar-refractivity contribution is 7.99. The van der Waals surface area contributed by atoms with Crippen LogP contribution in [-0.4, -0.2) is 31.3 Å². The summed E-state index contributed by atoms with van der Waals surface area (Å²) in [6, 6.07) is 9.50. The third kappa shape index (κ3) is 3.33. The lowest BCUT2D eigenvalue weighted by Crippen LogP contribution is -2.05. The molecule has 7 heteroatoms. The van der Waals surface area contributed by atoms with Crippen LogP contribution in [0.5, 0.6) is 0 Å². The molecule has 0 radical (unpaired) electrons. The van der Waals surface area contributed by atoms with E-state index in [4.69, 9.17) is 11.6 Å². The minimum Gasteiger partial charge on any atom is -0.318 e. The van der Waals surface area contributed by atoms with Gasteiger partial charge in [-0.2, -0.15) is 5.10 Å². The molecule has 3 aromatic rings. The van der Waals surface area contributed by atoms with E-state index in [2.05, 4.69) is 19.7 Å². The van der Waals surface area contributed by atoms with Gasteiger partial charge < -0.3 is 4.57 Å². The fraction of sp³-hybridized carbons (Fsp3) is 0.188. The monoisotopic (exact) mass is 346 g/mol. The number of ketones is 1. The van der Waals surface area contributed by atoms with E-state index in [1.165, 1.54) is 18.1 Å². The Morgan fingerprint density at radius 1 is 1.30 bits per heavy atom. The minimum absolute atomic E-state index is 0.0692. The Bertz CT molecular complexity index is 825. The van der Waals surface area contributed by atoms with Crippen molar-refractivity contribution in [2.75, 3.05) is 5.75 Å². The minimum atomic E-state index is 0.0692. The molecule has 0 aliphatic heterocycles. The number of nitrogens with zero attached hydrogens (tertiary/aromatic N) is 3. The van der Waals surface area contributed by atoms with Crippen LogP contribution in [0.15, 0.2) is 41.8 Å². The molecular weight excluding hydrogens is 332 g/mol. The summed E-state index contributed by atoms with van der Waals surface area (Å²) in [4.78, 5) is 16.5. The van der Waals surface area contributed by atoms with E-state index in [0.717, 1.165) is 22.6 Å². The number of hydrogen-bond acceptors (Lipinski definition) is 4. The Kier molecular flexibility index (Phi) is 4.54. The number of H-pyrrole nitrogens is 1. The highest BCUT2D eigenvalue weighted by Gasteiger charge is 2.17. The van der Waals surface area contributed by atoms with Gasteiger partial charge in [0.15, 0.2) is 10.9 Å². The van der Waals surface area contributed by atoms with Crippen LogP contribution in [0.25, 0.3) is 5.69 Å². The van der Waals surface area contributed by atoms with E-state index in [1.807, 2.05) is 44.2 Å². The topological polar surface area (TPSA) is 63.6 Å². The number of benzene rings is 1. The highest BCUT2D eigenvalue weighted by Crippen LogP contribution is 2.24. The van der Waals surface area contributed by atoms with Crippen LogP contribution in [-0.2, 0) is 0 Å². The summed E-state index contributed by atoms with van der Waals surface area (Å²) in [7, 11) is 0. The number of aromatic amines is 1. The number of aromatic nitrogens is 4. The van der Waals surface area contributed by atoms with Crippen molar-refractivity contribution in [3.05, 3.63) is 58.6 Å². The number of rotatable bonds is 5. The van der Waals surface area contributed by atoms with Gasteiger partial charge >= 0.3 is 0 Å². The lowest BCUT2D eigenvalue weighted by Gasteiger charge is -2.10. The van der Waals surface area contributed by atoms with E-state index >= 15 is 0 Å². The summed E-state index contributed by atoms with van der Waals surface area (Å²) < 4.78 is 2.06. The second-order valence-electron chi connectivity index (χ2n) is 5.10. The standard InChI is InChI=1S/C16H15ClN4OS/c1-10-7-14(15(22)8-23-16-18-9-19-20-16)11(2)21(10)13-5-3-12(17)4-6-13/h3-7,9H,8H2,1-2H3,(H,18,19,20). The van der Waals surface area contributed by atoms with Crippen LogP contribution in [0.2, 0.25) is 5.02 Å². The molecular formula is C16H15ClN4OS. The van der Waals surface area contributed by atoms with Crippen LogP contribution < -0.4 is 0 Å². The first-order valence-electron chi connectivity index (χ1n) is 7.02. The number of nitrogens with one attached hydrogen (secondary N) is 1. The van der Waals surface area contributed by atoms with Crippen molar-refractivity contribution < 1.29 is 4.79 Å². The molecule has 0 saturated carbocycles. The van der Waals surface area contributed by atoms with Crippen LogP contribution in [0.3, 0.4) is 0 Å². The summed E-state index contributed by atoms with van der Waals surface area (Å²) >= 11 is 7.29. The summed E-state index contributed by atoms with van der Waals surface area (Å²) in [6.45, 7) is 3.94. The molecule has 0 unspecified atom stereocenters. The molecule has 2 heterocycles. The number of hydrogen-bond donors (Lipinski definition) is 1. The summed E-state index contributed by atoms with van der Waals surface area (Å²) in [5.41, 5.74) is 3.65. The average Bonchev–Trinajstić information content (AvgIpc) is 3.14. The quantitative estimate of drug-likeness (QED) is 0.563. The third-order valence-corrected chi connectivity index (χ3v) is 4.68. The zero-order chi connectivity index (χ0) is 16.4. The molecule has 1 N–H and O–H groups in total. The van der Waals surface area contributed by atoms with Gasteiger partial charge in [0.1, 0.15) is 6.33 Å². The Morgan fingerprint density at radius 2 is 2.04 bits per heavy atom. The fourth-order valence-electron chi connectivity index (χ4n) is 2.51. The number of thioether (sulfide) groups is 1. The average molecular weight is 347 g/mol. The first-order valence-corrected chi connectivity index (χ1v) is 8.39. The number of carbonyl (C=O) groups is 1. The van der Waals surface area contributed by atoms with Crippen molar-refractivity contribution in [1.82, 2.24) is 19.7 Å². The maximum atomic E-state index is 12.5. The third-order valence-electron chi connectivity index (χ3n) is 3.55. The molecule has 0 amide bonds. The number of Topliss-reactive ketones (excluding diaryl/α,β-unsaturated/α-hetero) is 1. The summed E-state index contributed by atoms with van der Waals surface area (Å²) in [5.74, 6) is 0.389. The van der Waals surface area contributed by atoms with Crippen molar-refractivity contribution in [1.29, 1.82) is 0 Å². The fourth-order valence-corrected chi connectivity index (χ4v) is 3.30. The Morgan fingerprint density at radius 3 is 2.70 bits per heavy atom. The van der Waals surface area contributed by atoms with Crippen molar-refractivity contribution in [2.45, 2.75) is 19.0 Å². The van der Waals surface area contributed by atoms with Crippen LogP contribution in [0.4, 0.5) is 0 Å². The first-order chi connectivity index (χ1) is 11.1. The van der Waals surface area contributed by atoms with Crippen LogP contribution in [0.1, 0.15) is 21.7 Å². The molecule has 5 nitrogen and oxygen atoms in total. The summed E-state index contributed by atoms with van der Waals surface area (Å²) in [6.07, 6.45) is 1.43. The lowest BCUT2D eigenvalue weighted by atomic mass is 10.2. The van der Waals surface area contributed by atoms with Gasteiger partial charge in [0, 0.05) is 27.7 Å². The largest absolute Gasteiger partial charge is 0.318 e. The van der Waals surface area contributed by atoms with E-state index in [1.54, 1.807) is 0 Å². The molecule has 0 saturated heterocycles. The van der Waals surface area contributed by atoms with Gasteiger partial charge in [-0.15, -0.1) is 0 Å². The second-order valence-corrected chi connectivity index (χ2v) is 6.50. The van der Waals surface area contributed by atoms with Crippen molar-refractivity contribution in [2.24, 2.45) is 0 Å². The molecule has 0 spiro atoms. The predicted octanol–water partition coefficient (Wildman–Crippen LogP) is 3.84. The predicted molar refractivity (Wildman–Crippen MR) is 91.7 cm³/mol. The maximum Gasteiger partial charge on any atom is 0.183 e. The maximum absolute atomic E-state index is 12.5. The Labute approximate surface area is 143 Å². The molecule has 23 heavy (non-hydrogen) atoms. The van der Waals surface area contributed by atoms with Crippen LogP contribution >= 0.6 is 23.4 Å². The van der Waals surface area contributed by atoms with Gasteiger partial charge in [-0.1, -0.05) is 23.4 Å². The van der Waals surface area contributed by atoms with Gasteiger partial charge in [0.25, 0.3) is 0 Å². The number of carbonyl (C=O) groups excluding carboxylic acids is 1. The molecule has 118 valence electrons. The first kappa shape index (κ1) is 15.8. The zero-order valence-corrected chi connectivity index (χ0v) is 14.3. The number of halogens is 1. The smallest absolute Gasteiger partial charge is 0.183 e. The molecule has 2 aromatic heterocycles. The van der Waals surface area contributed by atoms with E-state index < -0.39 is 0 Å². The van der Waals surface area contributed by atoms with Crippen molar-refractivity contribution >= 4 is 29.1 Å². The molecule has 0 bridgehead atoms. The molecule has 0 aliphatic rings. The van der Waals surface area contributed by atoms with Gasteiger partial charge in [-0.3, -0.25) is 9.89 Å². The van der Waals surface area contributed by atoms with E-state index in [-0.39, 0.29) is 5.78 Å². The molecule has 0 fully saturated rings. The van der Waals surface area contributed by atoms with Gasteiger partial charge in [0.05, 0.1) is 5.75 Å². The molecule has 1 aromatic carbocycles. The van der Waals surface area contributed by atoms with E-state index in [9.17, 15) is 4.79 Å². The normalized spacial score (nSPS) is 10.9. The van der Waals surface area contributed by atoms with E-state index in [0.29, 0.717) is 15.9 Å². The van der Waals surface area contributed by atoms with Crippen LogP contribution in [0, 0.1) is 13.8 Å². The number of aryl methyl sites for hydroxylation is 1. The lowest BCUT2D eigenvalue weighted by molar-refractivity contribution is 0.102. The highest BCUT2D eigenvalue weighted by atomic mass is 35.5. The Balaban J connectivity index is 1.85. The summed E-state index contributed by atoms with van der Waals surface area (Å²) in [5, 5.41) is 7.84. The van der Waals surface area contributed by atoms with Gasteiger partial charge in [0.2, 0.25) is 0 Å². The zero-order valence-electron chi connectivity index (χ0n) is 12.7. The second kappa shape index (κ2) is 6.60. The van der Waals surface area contributed by atoms with Gasteiger partial charge in [-0.25, -0.2) is 4.98 Å². The van der Waals surface area contributed by atoms with Crippen molar-refractivity contribution in [3.63, 3.8) is 0 Å². The molecule has 0 atom stereocenters. The molecule has 3 rings (SSSR count). The molecule has 0 aliphatic carbocycles. The SMILES string of the molecule is Cc1cc(C(=O)CSc2ncn[nH]2)c(C)n1-c1ccc(Cl)cc1. The Hall–Kier alpha value is -2.05.